The van der Waals surface area contributed by atoms with Gasteiger partial charge in [0.05, 0.1) is 30.0 Å². The molecule has 11 heteroatoms. The zero-order valence-electron chi connectivity index (χ0n) is 18.8. The van der Waals surface area contributed by atoms with Gasteiger partial charge >= 0.3 is 5.97 Å². The van der Waals surface area contributed by atoms with Crippen molar-refractivity contribution in [2.75, 3.05) is 55.6 Å². The average molecular weight is 493 g/mol. The topological polar surface area (TPSA) is 112 Å². The molecule has 0 saturated carbocycles. The van der Waals surface area contributed by atoms with Crippen LogP contribution in [0.2, 0.25) is 0 Å². The van der Waals surface area contributed by atoms with Gasteiger partial charge in [0, 0.05) is 26.2 Å². The zero-order chi connectivity index (χ0) is 24.1. The van der Waals surface area contributed by atoms with Crippen molar-refractivity contribution >= 4 is 27.5 Å². The lowest BCUT2D eigenvalue weighted by Gasteiger charge is -2.35. The monoisotopic (exact) mass is 492 g/mol. The number of ether oxygens (including phenoxy) is 1. The lowest BCUT2D eigenvalue weighted by atomic mass is 9.93. The van der Waals surface area contributed by atoms with Crippen molar-refractivity contribution < 1.29 is 27.4 Å². The first kappa shape index (κ1) is 24.4. The van der Waals surface area contributed by atoms with Crippen LogP contribution in [0.15, 0.2) is 41.4 Å². The number of hydrogen-bond acceptors (Lipinski definition) is 7. The summed E-state index contributed by atoms with van der Waals surface area (Å²) in [5, 5.41) is 9.75. The molecule has 4 rings (SSSR count). The van der Waals surface area contributed by atoms with E-state index in [2.05, 4.69) is 14.6 Å². The number of nitrogens with one attached hydrogen (secondary N) is 1. The average Bonchev–Trinajstić information content (AvgIpc) is 2.84. The highest BCUT2D eigenvalue weighted by Crippen LogP contribution is 2.29. The Morgan fingerprint density at radius 3 is 2.47 bits per heavy atom. The third-order valence-corrected chi connectivity index (χ3v) is 7.74. The first-order chi connectivity index (χ1) is 16.3. The third kappa shape index (κ3) is 6.02. The van der Waals surface area contributed by atoms with E-state index in [1.165, 1.54) is 12.3 Å². The van der Waals surface area contributed by atoms with Crippen LogP contribution in [0.3, 0.4) is 0 Å². The van der Waals surface area contributed by atoms with Crippen molar-refractivity contribution in [2.45, 2.75) is 24.2 Å². The lowest BCUT2D eigenvalue weighted by molar-refractivity contribution is 0.0349. The summed E-state index contributed by atoms with van der Waals surface area (Å²) in [5.41, 5.74) is -0.0306. The number of carboxylic acids is 1. The zero-order valence-corrected chi connectivity index (χ0v) is 19.6. The fourth-order valence-electron chi connectivity index (χ4n) is 4.37. The van der Waals surface area contributed by atoms with E-state index in [0.717, 1.165) is 76.4 Å². The Morgan fingerprint density at radius 2 is 1.82 bits per heavy atom. The van der Waals surface area contributed by atoms with Crippen LogP contribution in [-0.4, -0.2) is 75.3 Å². The van der Waals surface area contributed by atoms with E-state index < -0.39 is 21.8 Å². The SMILES string of the molecule is O=C(O)c1cc(NS(=O)(=O)c2ccc(F)cc2)cnc1N1CCC(CCN2CCOCC2)CC1. The number of hydrogen-bond donors (Lipinski definition) is 2. The number of benzene rings is 1. The van der Waals surface area contributed by atoms with Gasteiger partial charge in [0.2, 0.25) is 0 Å². The highest BCUT2D eigenvalue weighted by molar-refractivity contribution is 7.92. The Labute approximate surface area is 198 Å². The summed E-state index contributed by atoms with van der Waals surface area (Å²) >= 11 is 0. The predicted octanol–water partition coefficient (Wildman–Crippen LogP) is 2.66. The van der Waals surface area contributed by atoms with Crippen LogP contribution in [0.1, 0.15) is 29.6 Å². The lowest BCUT2D eigenvalue weighted by Crippen LogP contribution is -2.39. The molecule has 2 aromatic rings. The normalized spacial score (nSPS) is 18.1. The maximum absolute atomic E-state index is 13.1. The van der Waals surface area contributed by atoms with Crippen LogP contribution in [-0.2, 0) is 14.8 Å². The summed E-state index contributed by atoms with van der Waals surface area (Å²) in [4.78, 5) is 20.5. The number of pyridine rings is 1. The second-order valence-corrected chi connectivity index (χ2v) is 10.3. The van der Waals surface area contributed by atoms with Crippen molar-refractivity contribution in [1.82, 2.24) is 9.88 Å². The molecule has 184 valence electrons. The maximum Gasteiger partial charge on any atom is 0.339 e. The molecule has 9 nitrogen and oxygen atoms in total. The second-order valence-electron chi connectivity index (χ2n) is 8.63. The number of aromatic nitrogens is 1. The molecular weight excluding hydrogens is 463 g/mol. The van der Waals surface area contributed by atoms with Crippen molar-refractivity contribution in [1.29, 1.82) is 0 Å². The number of morpholine rings is 1. The Kier molecular flexibility index (Phi) is 7.64. The minimum atomic E-state index is -4.01. The van der Waals surface area contributed by atoms with Gasteiger partial charge in [0.1, 0.15) is 17.2 Å². The van der Waals surface area contributed by atoms with Crippen LogP contribution in [0.25, 0.3) is 0 Å². The number of anilines is 2. The highest BCUT2D eigenvalue weighted by Gasteiger charge is 2.25. The summed E-state index contributed by atoms with van der Waals surface area (Å²) < 4.78 is 46.0. The number of halogens is 1. The standard InChI is InChI=1S/C23H29FN4O5S/c24-18-1-3-20(4-2-18)34(31,32)26-19-15-21(23(29)30)22(25-16-19)28-9-6-17(7-10-28)5-8-27-11-13-33-14-12-27/h1-4,15-17,26H,5-14H2,(H,29,30). The number of aromatic carboxylic acids is 1. The maximum atomic E-state index is 13.1. The Morgan fingerprint density at radius 1 is 1.15 bits per heavy atom. The number of carbonyl (C=O) groups is 1. The van der Waals surface area contributed by atoms with E-state index in [1.54, 1.807) is 0 Å². The molecule has 0 unspecified atom stereocenters. The molecule has 2 N–H and O–H groups in total. The largest absolute Gasteiger partial charge is 0.478 e. The molecule has 3 heterocycles. The van der Waals surface area contributed by atoms with Gasteiger partial charge in [-0.25, -0.2) is 22.6 Å². The quantitative estimate of drug-likeness (QED) is 0.579. The molecule has 2 aliphatic rings. The summed E-state index contributed by atoms with van der Waals surface area (Å²) in [7, 11) is -4.01. The molecule has 0 bridgehead atoms. The fourth-order valence-corrected chi connectivity index (χ4v) is 5.41. The molecule has 0 radical (unpaired) electrons. The van der Waals surface area contributed by atoms with Crippen molar-refractivity contribution in [3.05, 3.63) is 47.9 Å². The van der Waals surface area contributed by atoms with Crippen LogP contribution in [0.4, 0.5) is 15.9 Å². The first-order valence-electron chi connectivity index (χ1n) is 11.4. The van der Waals surface area contributed by atoms with Gasteiger partial charge in [0.15, 0.2) is 0 Å². The number of nitrogens with zero attached hydrogens (tertiary/aromatic N) is 3. The van der Waals surface area contributed by atoms with Gasteiger partial charge in [0.25, 0.3) is 10.0 Å². The number of carboxylic acid groups (broad SMARTS) is 1. The van der Waals surface area contributed by atoms with Gasteiger partial charge in [-0.15, -0.1) is 0 Å². The van der Waals surface area contributed by atoms with Crippen LogP contribution < -0.4 is 9.62 Å². The van der Waals surface area contributed by atoms with Gasteiger partial charge in [-0.1, -0.05) is 0 Å². The van der Waals surface area contributed by atoms with Gasteiger partial charge in [-0.3, -0.25) is 9.62 Å². The van der Waals surface area contributed by atoms with E-state index in [1.807, 2.05) is 4.90 Å². The molecule has 1 aromatic carbocycles. The molecule has 2 saturated heterocycles. The Balaban J connectivity index is 1.40. The van der Waals surface area contributed by atoms with E-state index >= 15 is 0 Å². The summed E-state index contributed by atoms with van der Waals surface area (Å²) in [6.07, 6.45) is 4.32. The molecular formula is C23H29FN4O5S. The summed E-state index contributed by atoms with van der Waals surface area (Å²) in [5.74, 6) is -0.819. The van der Waals surface area contributed by atoms with E-state index in [9.17, 15) is 22.7 Å². The minimum absolute atomic E-state index is 0.0332. The van der Waals surface area contributed by atoms with Crippen LogP contribution in [0, 0.1) is 11.7 Å². The third-order valence-electron chi connectivity index (χ3n) is 6.34. The van der Waals surface area contributed by atoms with E-state index in [0.29, 0.717) is 24.8 Å². The van der Waals surface area contributed by atoms with E-state index in [4.69, 9.17) is 4.74 Å². The van der Waals surface area contributed by atoms with Gasteiger partial charge in [-0.05, 0) is 62.1 Å². The second kappa shape index (κ2) is 10.7. The van der Waals surface area contributed by atoms with Gasteiger partial charge < -0.3 is 14.7 Å². The fraction of sp³-hybridized carbons (Fsp3) is 0.478. The molecule has 34 heavy (non-hydrogen) atoms. The van der Waals surface area contributed by atoms with E-state index in [-0.39, 0.29) is 16.1 Å². The Hall–Kier alpha value is -2.76. The molecule has 1 aromatic heterocycles. The number of piperidine rings is 1. The molecule has 0 amide bonds. The van der Waals surface area contributed by atoms with Crippen molar-refractivity contribution in [3.63, 3.8) is 0 Å². The Bertz CT molecular complexity index is 1100. The van der Waals surface area contributed by atoms with Gasteiger partial charge in [-0.2, -0.15) is 0 Å². The highest BCUT2D eigenvalue weighted by atomic mass is 32.2. The van der Waals surface area contributed by atoms with Crippen molar-refractivity contribution in [2.24, 2.45) is 5.92 Å². The molecule has 2 fully saturated rings. The molecule has 2 aliphatic heterocycles. The smallest absolute Gasteiger partial charge is 0.339 e. The van der Waals surface area contributed by atoms with Crippen molar-refractivity contribution in [3.8, 4) is 0 Å². The molecule has 0 aliphatic carbocycles. The summed E-state index contributed by atoms with van der Waals surface area (Å²) in [6, 6.07) is 5.64. The minimum Gasteiger partial charge on any atom is -0.478 e. The number of sulfonamides is 1. The number of rotatable bonds is 8. The molecule has 0 atom stereocenters. The molecule has 0 spiro atoms. The van der Waals surface area contributed by atoms with Crippen LogP contribution in [0.5, 0.6) is 0 Å². The van der Waals surface area contributed by atoms with Crippen LogP contribution >= 0.6 is 0 Å². The predicted molar refractivity (Wildman–Crippen MR) is 125 cm³/mol. The summed E-state index contributed by atoms with van der Waals surface area (Å²) in [6.45, 7) is 5.97. The first-order valence-corrected chi connectivity index (χ1v) is 12.9.